The summed E-state index contributed by atoms with van der Waals surface area (Å²) in [7, 11) is 4.09. The highest BCUT2D eigenvalue weighted by molar-refractivity contribution is 6.31. The van der Waals surface area contributed by atoms with Crippen molar-refractivity contribution in [2.45, 2.75) is 59.5 Å². The Morgan fingerprint density at radius 3 is 2.48 bits per heavy atom. The second-order valence-corrected chi connectivity index (χ2v) is 12.1. The van der Waals surface area contributed by atoms with Gasteiger partial charge in [0.25, 0.3) is 5.91 Å². The summed E-state index contributed by atoms with van der Waals surface area (Å²) in [5.74, 6) is 0.980. The van der Waals surface area contributed by atoms with Crippen molar-refractivity contribution in [2.75, 3.05) is 58.3 Å². The first-order valence-corrected chi connectivity index (χ1v) is 14.9. The van der Waals surface area contributed by atoms with E-state index in [1.807, 2.05) is 66.4 Å². The third kappa shape index (κ3) is 9.50. The van der Waals surface area contributed by atoms with Gasteiger partial charge >= 0.3 is 0 Å². The second-order valence-electron chi connectivity index (χ2n) is 11.7. The molecule has 2 amide bonds. The lowest BCUT2D eigenvalue weighted by Crippen LogP contribution is -2.41. The smallest absolute Gasteiger partial charge is 0.254 e. The molecular weight excluding hydrogens is 524 g/mol. The quantitative estimate of drug-likeness (QED) is 0.356. The van der Waals surface area contributed by atoms with Crippen LogP contribution in [0.5, 0.6) is 5.75 Å². The van der Waals surface area contributed by atoms with Crippen LogP contribution in [0, 0.1) is 5.92 Å². The average Bonchev–Trinajstić information content (AvgIpc) is 2.93. The van der Waals surface area contributed by atoms with Crippen molar-refractivity contribution in [3.63, 3.8) is 0 Å². The molecule has 0 saturated carbocycles. The number of halogens is 1. The zero-order valence-corrected chi connectivity index (χ0v) is 25.9. The molecule has 2 aromatic rings. The number of hydrogen-bond donors (Lipinski definition) is 0. The van der Waals surface area contributed by atoms with E-state index in [0.717, 1.165) is 43.7 Å². The van der Waals surface area contributed by atoms with Gasteiger partial charge in [-0.2, -0.15) is 0 Å². The van der Waals surface area contributed by atoms with Crippen LogP contribution >= 0.6 is 11.6 Å². The Labute approximate surface area is 246 Å². The fraction of sp³-hybridized carbons (Fsp3) is 0.562. The van der Waals surface area contributed by atoms with Crippen LogP contribution in [-0.4, -0.2) is 86.0 Å². The van der Waals surface area contributed by atoms with E-state index in [2.05, 4.69) is 37.5 Å². The Kier molecular flexibility index (Phi) is 12.3. The fourth-order valence-corrected chi connectivity index (χ4v) is 5.17. The van der Waals surface area contributed by atoms with Gasteiger partial charge in [0.2, 0.25) is 5.91 Å². The Hall–Kier alpha value is -2.61. The first-order chi connectivity index (χ1) is 19.0. The first kappa shape index (κ1) is 31.9. The summed E-state index contributed by atoms with van der Waals surface area (Å²) in [6, 6.07) is 13.5. The van der Waals surface area contributed by atoms with Gasteiger partial charge in [0.15, 0.2) is 0 Å². The normalized spacial score (nSPS) is 15.3. The SMILES string of the molecule is CC(C)CC(=O)N1CCCN(C(C)C)CCN(C(=O)c2cccc(OCCCN(C)C)c2)Cc2ccc(Cl)cc21. The van der Waals surface area contributed by atoms with Crippen LogP contribution < -0.4 is 9.64 Å². The molecule has 0 saturated heterocycles. The van der Waals surface area contributed by atoms with Crippen LogP contribution in [0.3, 0.4) is 0 Å². The van der Waals surface area contributed by atoms with E-state index in [-0.39, 0.29) is 17.7 Å². The van der Waals surface area contributed by atoms with Crippen molar-refractivity contribution in [1.29, 1.82) is 0 Å². The molecule has 0 spiro atoms. The van der Waals surface area contributed by atoms with Crippen molar-refractivity contribution < 1.29 is 14.3 Å². The lowest BCUT2D eigenvalue weighted by molar-refractivity contribution is -0.119. The van der Waals surface area contributed by atoms with E-state index < -0.39 is 0 Å². The molecule has 40 heavy (non-hydrogen) atoms. The Morgan fingerprint density at radius 1 is 1.00 bits per heavy atom. The number of carbonyl (C=O) groups is 2. The Bertz CT molecular complexity index is 1120. The number of amides is 2. The van der Waals surface area contributed by atoms with Gasteiger partial charge in [-0.15, -0.1) is 0 Å². The molecular formula is C32H47ClN4O3. The lowest BCUT2D eigenvalue weighted by atomic mass is 10.1. The van der Waals surface area contributed by atoms with E-state index in [4.69, 9.17) is 16.3 Å². The zero-order valence-electron chi connectivity index (χ0n) is 25.2. The predicted octanol–water partition coefficient (Wildman–Crippen LogP) is 5.81. The summed E-state index contributed by atoms with van der Waals surface area (Å²) in [5, 5.41) is 0.580. The predicted molar refractivity (Wildman–Crippen MR) is 164 cm³/mol. The third-order valence-electron chi connectivity index (χ3n) is 7.18. The van der Waals surface area contributed by atoms with Gasteiger partial charge in [-0.3, -0.25) is 14.5 Å². The molecule has 1 aliphatic heterocycles. The highest BCUT2D eigenvalue weighted by Crippen LogP contribution is 2.29. The minimum atomic E-state index is -0.0531. The molecule has 0 aliphatic carbocycles. The lowest BCUT2D eigenvalue weighted by Gasteiger charge is -2.30. The molecule has 7 nitrogen and oxygen atoms in total. The largest absolute Gasteiger partial charge is 0.494 e. The van der Waals surface area contributed by atoms with Crippen molar-refractivity contribution >= 4 is 29.1 Å². The summed E-state index contributed by atoms with van der Waals surface area (Å²) in [4.78, 5) is 35.7. The number of nitrogens with zero attached hydrogens (tertiary/aromatic N) is 4. The molecule has 0 atom stereocenters. The number of rotatable bonds is 9. The van der Waals surface area contributed by atoms with Crippen molar-refractivity contribution in [2.24, 2.45) is 5.92 Å². The fourth-order valence-electron chi connectivity index (χ4n) is 5.00. The number of benzene rings is 2. The van der Waals surface area contributed by atoms with Crippen LogP contribution in [0.1, 0.15) is 62.9 Å². The number of ether oxygens (including phenoxy) is 1. The Morgan fingerprint density at radius 2 is 1.77 bits per heavy atom. The topological polar surface area (TPSA) is 56.3 Å². The van der Waals surface area contributed by atoms with Gasteiger partial charge in [-0.05, 0) is 82.6 Å². The summed E-state index contributed by atoms with van der Waals surface area (Å²) in [6.45, 7) is 13.2. The standard InChI is InChI=1S/C32H47ClN4O3/c1-24(2)20-31(38)37-16-8-15-35(25(3)4)17-18-36(23-27-12-13-28(33)22-30(27)37)32(39)26-10-7-11-29(21-26)40-19-9-14-34(5)6/h7,10-13,21-22,24-25H,8-9,14-20,23H2,1-6H3. The van der Waals surface area contributed by atoms with Crippen molar-refractivity contribution in [3.8, 4) is 5.75 Å². The maximum absolute atomic E-state index is 14.0. The van der Waals surface area contributed by atoms with Crippen LogP contribution in [0.4, 0.5) is 5.69 Å². The minimum absolute atomic E-state index is 0.0531. The molecule has 0 fully saturated rings. The molecule has 0 radical (unpaired) electrons. The van der Waals surface area contributed by atoms with Gasteiger partial charge < -0.3 is 19.4 Å². The van der Waals surface area contributed by atoms with E-state index in [9.17, 15) is 9.59 Å². The van der Waals surface area contributed by atoms with Crippen LogP contribution in [0.25, 0.3) is 0 Å². The van der Waals surface area contributed by atoms with Gasteiger partial charge in [-0.25, -0.2) is 0 Å². The van der Waals surface area contributed by atoms with E-state index in [0.29, 0.717) is 55.0 Å². The summed E-state index contributed by atoms with van der Waals surface area (Å²) < 4.78 is 5.96. The van der Waals surface area contributed by atoms with Gasteiger partial charge in [0, 0.05) is 62.3 Å². The highest BCUT2D eigenvalue weighted by atomic mass is 35.5. The van der Waals surface area contributed by atoms with Gasteiger partial charge in [0.1, 0.15) is 5.75 Å². The van der Waals surface area contributed by atoms with E-state index in [1.165, 1.54) is 0 Å². The molecule has 3 rings (SSSR count). The van der Waals surface area contributed by atoms with Crippen LogP contribution in [-0.2, 0) is 11.3 Å². The first-order valence-electron chi connectivity index (χ1n) is 14.5. The molecule has 0 aromatic heterocycles. The third-order valence-corrected chi connectivity index (χ3v) is 7.42. The zero-order chi connectivity index (χ0) is 29.2. The van der Waals surface area contributed by atoms with Crippen LogP contribution in [0.2, 0.25) is 5.02 Å². The summed E-state index contributed by atoms with van der Waals surface area (Å²) in [6.07, 6.45) is 2.21. The number of carbonyl (C=O) groups excluding carboxylic acids is 2. The second kappa shape index (κ2) is 15.4. The number of hydrogen-bond acceptors (Lipinski definition) is 5. The maximum Gasteiger partial charge on any atom is 0.254 e. The average molecular weight is 571 g/mol. The molecule has 1 heterocycles. The monoisotopic (exact) mass is 570 g/mol. The molecule has 2 aromatic carbocycles. The van der Waals surface area contributed by atoms with E-state index in [1.54, 1.807) is 0 Å². The molecule has 8 heteroatoms. The number of anilines is 1. The summed E-state index contributed by atoms with van der Waals surface area (Å²) in [5.41, 5.74) is 2.31. The molecule has 1 aliphatic rings. The highest BCUT2D eigenvalue weighted by Gasteiger charge is 2.25. The minimum Gasteiger partial charge on any atom is -0.494 e. The molecule has 0 N–H and O–H groups in total. The van der Waals surface area contributed by atoms with Gasteiger partial charge in [0.05, 0.1) is 12.3 Å². The molecule has 0 unspecified atom stereocenters. The molecule has 220 valence electrons. The van der Waals surface area contributed by atoms with Crippen molar-refractivity contribution in [1.82, 2.24) is 14.7 Å². The summed E-state index contributed by atoms with van der Waals surface area (Å²) >= 11 is 6.45. The van der Waals surface area contributed by atoms with Gasteiger partial charge in [-0.1, -0.05) is 37.6 Å². The van der Waals surface area contributed by atoms with E-state index >= 15 is 0 Å². The van der Waals surface area contributed by atoms with Crippen LogP contribution in [0.15, 0.2) is 42.5 Å². The Balaban J connectivity index is 1.93. The molecule has 0 bridgehead atoms. The maximum atomic E-state index is 14.0. The van der Waals surface area contributed by atoms with Crippen molar-refractivity contribution in [3.05, 3.63) is 58.6 Å². The number of fused-ring (bicyclic) bond motifs is 1.